The van der Waals surface area contributed by atoms with Crippen molar-refractivity contribution in [2.75, 3.05) is 4.90 Å². The first-order valence-electron chi connectivity index (χ1n) is 15.4. The molecule has 0 saturated carbocycles. The van der Waals surface area contributed by atoms with Gasteiger partial charge in [0.15, 0.2) is 0 Å². The Bertz CT molecular complexity index is 2280. The zero-order valence-corrected chi connectivity index (χ0v) is 29.4. The number of rotatable bonds is 9. The summed E-state index contributed by atoms with van der Waals surface area (Å²) in [5.74, 6) is 0. The number of hydrogen-bond acceptors (Lipinski definition) is 10. The van der Waals surface area contributed by atoms with Crippen molar-refractivity contribution in [3.8, 4) is 67.7 Å². The lowest BCUT2D eigenvalue weighted by atomic mass is 10.1. The third kappa shape index (κ3) is 7.79. The summed E-state index contributed by atoms with van der Waals surface area (Å²) in [5.41, 5.74) is 6.00. The maximum atomic E-state index is 9.14. The third-order valence-electron chi connectivity index (χ3n) is 7.69. The van der Waals surface area contributed by atoms with Crippen LogP contribution in [0, 0.1) is 68.0 Å². The van der Waals surface area contributed by atoms with E-state index in [1.54, 1.807) is 18.2 Å². The number of hydrogen-bond donors (Lipinski definition) is 0. The van der Waals surface area contributed by atoms with Gasteiger partial charge in [0.2, 0.25) is 0 Å². The van der Waals surface area contributed by atoms with Crippen LogP contribution in [0.2, 0.25) is 0 Å². The van der Waals surface area contributed by atoms with Crippen LogP contribution >= 0.6 is 34.0 Å². The van der Waals surface area contributed by atoms with E-state index in [4.69, 9.17) is 31.6 Å². The molecule has 6 aromatic rings. The van der Waals surface area contributed by atoms with E-state index >= 15 is 0 Å². The van der Waals surface area contributed by atoms with Crippen LogP contribution in [0.15, 0.2) is 126 Å². The Morgan fingerprint density at radius 1 is 0.365 bits per heavy atom. The fourth-order valence-electron chi connectivity index (χ4n) is 5.22. The summed E-state index contributed by atoms with van der Waals surface area (Å²) in [6.07, 6.45) is 4.76. The molecule has 0 N–H and O–H groups in total. The molecule has 3 aromatic heterocycles. The molecule has 52 heavy (non-hydrogen) atoms. The van der Waals surface area contributed by atoms with Gasteiger partial charge >= 0.3 is 0 Å². The minimum Gasteiger partial charge on any atom is -0.311 e. The molecule has 0 saturated heterocycles. The first kappa shape index (κ1) is 34.6. The first-order chi connectivity index (χ1) is 25.4. The monoisotopic (exact) mass is 719 g/mol. The summed E-state index contributed by atoms with van der Waals surface area (Å²) in [7, 11) is 0. The summed E-state index contributed by atoms with van der Waals surface area (Å²) in [6, 6.07) is 47.7. The Morgan fingerprint density at radius 2 is 0.615 bits per heavy atom. The van der Waals surface area contributed by atoms with Gasteiger partial charge < -0.3 is 4.90 Å². The van der Waals surface area contributed by atoms with Crippen molar-refractivity contribution < 1.29 is 0 Å². The second kappa shape index (κ2) is 16.0. The molecule has 6 rings (SSSR count). The van der Waals surface area contributed by atoms with Crippen molar-refractivity contribution in [3.05, 3.63) is 141 Å². The zero-order valence-electron chi connectivity index (χ0n) is 27.0. The van der Waals surface area contributed by atoms with Gasteiger partial charge in [0.1, 0.15) is 53.1 Å². The summed E-state index contributed by atoms with van der Waals surface area (Å²) in [4.78, 5) is 7.68. The van der Waals surface area contributed by atoms with Gasteiger partial charge in [-0.2, -0.15) is 31.6 Å². The van der Waals surface area contributed by atoms with Crippen LogP contribution < -0.4 is 4.90 Å². The molecule has 0 aliphatic heterocycles. The molecule has 0 aliphatic carbocycles. The molecule has 0 radical (unpaired) electrons. The van der Waals surface area contributed by atoms with Crippen molar-refractivity contribution in [1.29, 1.82) is 31.6 Å². The quantitative estimate of drug-likeness (QED) is 0.135. The van der Waals surface area contributed by atoms with E-state index in [0.29, 0.717) is 0 Å². The molecule has 0 amide bonds. The molecule has 0 unspecified atom stereocenters. The van der Waals surface area contributed by atoms with Crippen molar-refractivity contribution >= 4 is 69.3 Å². The predicted molar refractivity (Wildman–Crippen MR) is 209 cm³/mol. The summed E-state index contributed by atoms with van der Waals surface area (Å²) in [5, 5.41) is 54.8. The number of benzene rings is 3. The molecule has 10 heteroatoms. The van der Waals surface area contributed by atoms with Gasteiger partial charge in [0.25, 0.3) is 0 Å². The second-order valence-corrected chi connectivity index (χ2v) is 14.3. The third-order valence-corrected chi connectivity index (χ3v) is 10.9. The van der Waals surface area contributed by atoms with E-state index in [1.807, 2.05) is 72.8 Å². The Kier molecular flexibility index (Phi) is 10.6. The van der Waals surface area contributed by atoms with Crippen molar-refractivity contribution in [3.63, 3.8) is 0 Å². The van der Waals surface area contributed by atoms with E-state index in [1.165, 1.54) is 34.0 Å². The number of nitriles is 6. The van der Waals surface area contributed by atoms with Crippen LogP contribution in [0.3, 0.4) is 0 Å². The van der Waals surface area contributed by atoms with E-state index in [2.05, 4.69) is 77.7 Å². The molecule has 0 bridgehead atoms. The van der Waals surface area contributed by atoms with Gasteiger partial charge in [-0.3, -0.25) is 0 Å². The van der Waals surface area contributed by atoms with Gasteiger partial charge in [-0.25, -0.2) is 0 Å². The largest absolute Gasteiger partial charge is 0.311 e. The Hall–Kier alpha value is -7.28. The minimum atomic E-state index is 0.0587. The molecule has 242 valence electrons. The van der Waals surface area contributed by atoms with Gasteiger partial charge in [-0.15, -0.1) is 34.0 Å². The van der Waals surface area contributed by atoms with Gasteiger partial charge in [0.05, 0.1) is 0 Å². The van der Waals surface area contributed by atoms with E-state index in [0.717, 1.165) is 63.0 Å². The second-order valence-electron chi connectivity index (χ2n) is 10.9. The van der Waals surface area contributed by atoms with E-state index in [9.17, 15) is 0 Å². The highest BCUT2D eigenvalue weighted by atomic mass is 32.1. The Labute approximate surface area is 312 Å². The fraction of sp³-hybridized carbons (Fsp3) is 0. The van der Waals surface area contributed by atoms with Gasteiger partial charge in [0, 0.05) is 46.3 Å². The smallest absolute Gasteiger partial charge is 0.131 e. The normalized spacial score (nSPS) is 9.81. The van der Waals surface area contributed by atoms with Crippen molar-refractivity contribution in [2.45, 2.75) is 0 Å². The number of thiophene rings is 3. The molecular weight excluding hydrogens is 699 g/mol. The SMILES string of the molecule is N#CC(C#N)=Cc1ccc(-c2ccc(N(c3ccc(-c4ccc(C=C(C#N)C#N)s4)cc3)c3ccc(-c4ccc(C=C(C#N)C#N)s4)cc3)cc2)s1. The van der Waals surface area contributed by atoms with Crippen LogP contribution in [0.25, 0.3) is 49.5 Å². The highest BCUT2D eigenvalue weighted by molar-refractivity contribution is 7.17. The van der Waals surface area contributed by atoms with Crippen LogP contribution in [0.5, 0.6) is 0 Å². The molecular formula is C42H21N7S3. The average molecular weight is 720 g/mol. The summed E-state index contributed by atoms with van der Waals surface area (Å²) in [6.45, 7) is 0. The number of nitrogens with zero attached hydrogens (tertiary/aromatic N) is 7. The molecule has 3 heterocycles. The van der Waals surface area contributed by atoms with Gasteiger partial charge in [-0.05, 0) is 108 Å². The molecule has 3 aromatic carbocycles. The van der Waals surface area contributed by atoms with Gasteiger partial charge in [-0.1, -0.05) is 36.4 Å². The Balaban J connectivity index is 1.34. The Morgan fingerprint density at radius 3 is 0.846 bits per heavy atom. The minimum absolute atomic E-state index is 0.0587. The molecule has 0 spiro atoms. The molecule has 7 nitrogen and oxygen atoms in total. The fourth-order valence-corrected chi connectivity index (χ4v) is 8.09. The van der Waals surface area contributed by atoms with Crippen molar-refractivity contribution in [2.24, 2.45) is 0 Å². The maximum Gasteiger partial charge on any atom is 0.131 e. The molecule has 0 fully saturated rings. The van der Waals surface area contributed by atoms with E-state index in [-0.39, 0.29) is 16.7 Å². The number of allylic oxidation sites excluding steroid dienone is 3. The highest BCUT2D eigenvalue weighted by Crippen LogP contribution is 2.40. The molecule has 0 aliphatic rings. The van der Waals surface area contributed by atoms with Crippen molar-refractivity contribution in [1.82, 2.24) is 0 Å². The standard InChI is InChI=1S/C42H21N7S3/c43-22-28(23-44)19-37-13-16-40(50-37)31-1-7-34(8-2-31)49(35-9-3-32(4-10-35)41-17-14-38(51-41)20-29(24-45)25-46)36-11-5-33(6-12-36)42-18-15-39(52-42)21-30(26-47)27-48/h1-21H. The zero-order chi connectivity index (χ0) is 36.5. The summed E-state index contributed by atoms with van der Waals surface area (Å²) < 4.78 is 0. The predicted octanol–water partition coefficient (Wildman–Crippen LogP) is 11.6. The lowest BCUT2D eigenvalue weighted by molar-refractivity contribution is 1.28. The maximum absolute atomic E-state index is 9.14. The average Bonchev–Trinajstić information content (AvgIpc) is 3.98. The highest BCUT2D eigenvalue weighted by Gasteiger charge is 2.15. The lowest BCUT2D eigenvalue weighted by Crippen LogP contribution is -2.09. The first-order valence-corrected chi connectivity index (χ1v) is 17.9. The van der Waals surface area contributed by atoms with Crippen LogP contribution in [0.1, 0.15) is 14.6 Å². The number of anilines is 3. The topological polar surface area (TPSA) is 146 Å². The van der Waals surface area contributed by atoms with E-state index < -0.39 is 0 Å². The summed E-state index contributed by atoms with van der Waals surface area (Å²) >= 11 is 4.51. The van der Waals surface area contributed by atoms with Crippen LogP contribution in [0.4, 0.5) is 17.1 Å². The van der Waals surface area contributed by atoms with Crippen LogP contribution in [-0.4, -0.2) is 0 Å². The lowest BCUT2D eigenvalue weighted by Gasteiger charge is -2.26. The molecule has 0 atom stereocenters. The van der Waals surface area contributed by atoms with Crippen LogP contribution in [-0.2, 0) is 0 Å².